The lowest BCUT2D eigenvalue weighted by molar-refractivity contribution is -0.132. The average molecular weight is 466 g/mol. The van der Waals surface area contributed by atoms with Crippen LogP contribution < -0.4 is 5.32 Å². The number of rotatable bonds is 7. The van der Waals surface area contributed by atoms with Gasteiger partial charge >= 0.3 is 0 Å². The van der Waals surface area contributed by atoms with Crippen molar-refractivity contribution < 1.29 is 4.79 Å². The van der Waals surface area contributed by atoms with Crippen LogP contribution in [-0.4, -0.2) is 41.7 Å². The second-order valence-corrected chi connectivity index (χ2v) is 11.2. The molecule has 4 bridgehead atoms. The van der Waals surface area contributed by atoms with Crippen molar-refractivity contribution in [3.8, 4) is 0 Å². The van der Waals surface area contributed by atoms with Crippen molar-refractivity contribution in [1.29, 1.82) is 0 Å². The third kappa shape index (κ3) is 3.88. The summed E-state index contributed by atoms with van der Waals surface area (Å²) in [6.07, 6.45) is 3.90. The van der Waals surface area contributed by atoms with E-state index >= 15 is 0 Å². The largest absolute Gasteiger partial charge is 0.350 e. The first-order valence-electron chi connectivity index (χ1n) is 13.1. The van der Waals surface area contributed by atoms with Crippen LogP contribution in [0.25, 0.3) is 10.8 Å². The first-order chi connectivity index (χ1) is 17.0. The van der Waals surface area contributed by atoms with E-state index in [1.807, 2.05) is 0 Å². The number of likely N-dealkylation sites (tertiary alicyclic amines) is 1. The number of hydrogen-bond donors (Lipinski definition) is 1. The van der Waals surface area contributed by atoms with Gasteiger partial charge in [0.05, 0.1) is 0 Å². The van der Waals surface area contributed by atoms with Gasteiger partial charge in [0, 0.05) is 43.7 Å². The quantitative estimate of drug-likeness (QED) is 0.527. The fourth-order valence-electron chi connectivity index (χ4n) is 7.12. The molecule has 5 atom stereocenters. The lowest BCUT2D eigenvalue weighted by Crippen LogP contribution is -2.64. The van der Waals surface area contributed by atoms with Crippen LogP contribution in [0.15, 0.2) is 77.8 Å². The van der Waals surface area contributed by atoms with Gasteiger partial charge in [0.15, 0.2) is 0 Å². The number of carbonyl (C=O) groups excluding carboxylic acids is 1. The molecule has 0 radical (unpaired) electrons. The third-order valence-electron chi connectivity index (χ3n) is 8.52. The molecule has 1 amide bonds. The van der Waals surface area contributed by atoms with E-state index < -0.39 is 5.54 Å². The van der Waals surface area contributed by atoms with Crippen molar-refractivity contribution in [2.75, 3.05) is 13.1 Å². The number of hydrogen-bond acceptors (Lipinski definition) is 3. The Morgan fingerprint density at radius 1 is 1.06 bits per heavy atom. The molecule has 3 heterocycles. The van der Waals surface area contributed by atoms with Gasteiger partial charge in [0.2, 0.25) is 5.91 Å². The summed E-state index contributed by atoms with van der Waals surface area (Å²) in [5.41, 5.74) is 1.77. The molecule has 1 N–H and O–H groups in total. The van der Waals surface area contributed by atoms with E-state index in [4.69, 9.17) is 4.99 Å². The minimum Gasteiger partial charge on any atom is -0.350 e. The van der Waals surface area contributed by atoms with E-state index in [2.05, 4.69) is 103 Å². The normalized spacial score (nSPS) is 29.2. The maximum Gasteiger partial charge on any atom is 0.248 e. The molecule has 1 saturated carbocycles. The zero-order valence-corrected chi connectivity index (χ0v) is 20.7. The molecular weight excluding hydrogens is 430 g/mol. The first-order valence-corrected chi connectivity index (χ1v) is 13.1. The van der Waals surface area contributed by atoms with Crippen LogP contribution in [-0.2, 0) is 17.8 Å². The van der Waals surface area contributed by atoms with Gasteiger partial charge in [-0.3, -0.25) is 14.7 Å². The monoisotopic (exact) mass is 465 g/mol. The summed E-state index contributed by atoms with van der Waals surface area (Å²) in [4.78, 5) is 21.8. The SMILES string of the molecule is CC(C)CN1C[C@H]2C[C@]3(C(=O)NCc4cccc5ccccc45)N=C[C@H]2[C@H]1[C@@H]3Cc1ccccc1. The van der Waals surface area contributed by atoms with Crippen LogP contribution in [0.1, 0.15) is 31.4 Å². The molecule has 4 heteroatoms. The maximum absolute atomic E-state index is 14.1. The Balaban J connectivity index is 1.32. The molecule has 7 rings (SSSR count). The number of aliphatic imine (C=N–C) groups is 1. The number of amides is 1. The molecule has 4 aliphatic rings. The predicted octanol–water partition coefficient (Wildman–Crippen LogP) is 5.11. The Kier molecular flexibility index (Phi) is 5.72. The topological polar surface area (TPSA) is 44.7 Å². The standard InChI is InChI=1S/C31H35N3O/c1-21(2)19-34-20-25-16-31(28(29(34)27(25)18-33-31)15-22-9-4-3-5-10-22)30(35)32-17-24-13-8-12-23-11-6-7-14-26(23)24/h3-14,18,21,25,27-29H,15-17,19-20H2,1-2H3,(H,32,35)/t25-,27-,28+,29+,31+/m1/s1. The van der Waals surface area contributed by atoms with Gasteiger partial charge in [-0.1, -0.05) is 86.6 Å². The number of nitrogens with one attached hydrogen (secondary N) is 1. The molecule has 0 unspecified atom stereocenters. The number of nitrogens with zero attached hydrogens (tertiary/aromatic N) is 2. The Bertz CT molecular complexity index is 1250. The van der Waals surface area contributed by atoms with Gasteiger partial charge in [-0.25, -0.2) is 0 Å². The lowest BCUT2D eigenvalue weighted by atomic mass is 9.59. The minimum atomic E-state index is -0.684. The fourth-order valence-corrected chi connectivity index (χ4v) is 7.12. The van der Waals surface area contributed by atoms with Gasteiger partial charge in [0.25, 0.3) is 0 Å². The van der Waals surface area contributed by atoms with Crippen molar-refractivity contribution in [2.45, 2.75) is 44.8 Å². The molecular formula is C31H35N3O. The molecule has 3 aliphatic heterocycles. The first kappa shape index (κ1) is 22.5. The lowest BCUT2D eigenvalue weighted by Gasteiger charge is -2.51. The highest BCUT2D eigenvalue weighted by molar-refractivity contribution is 5.92. The highest BCUT2D eigenvalue weighted by Crippen LogP contribution is 2.54. The minimum absolute atomic E-state index is 0.0992. The van der Waals surface area contributed by atoms with Crippen LogP contribution in [0.3, 0.4) is 0 Å². The molecule has 3 aromatic carbocycles. The zero-order valence-electron chi connectivity index (χ0n) is 20.7. The summed E-state index contributed by atoms with van der Waals surface area (Å²) in [7, 11) is 0. The highest BCUT2D eigenvalue weighted by atomic mass is 16.2. The van der Waals surface area contributed by atoms with Crippen LogP contribution >= 0.6 is 0 Å². The van der Waals surface area contributed by atoms with Crippen molar-refractivity contribution in [3.63, 3.8) is 0 Å². The maximum atomic E-state index is 14.1. The van der Waals surface area contributed by atoms with Crippen LogP contribution in [0.2, 0.25) is 0 Å². The number of fused-ring (bicyclic) bond motifs is 1. The molecule has 4 nitrogen and oxygen atoms in total. The van der Waals surface area contributed by atoms with Gasteiger partial charge in [0.1, 0.15) is 5.54 Å². The Labute approximate surface area is 208 Å². The number of carbonyl (C=O) groups is 1. The van der Waals surface area contributed by atoms with Gasteiger partial charge in [-0.05, 0) is 46.6 Å². The van der Waals surface area contributed by atoms with E-state index in [-0.39, 0.29) is 11.8 Å². The van der Waals surface area contributed by atoms with Gasteiger partial charge in [-0.15, -0.1) is 0 Å². The van der Waals surface area contributed by atoms with Crippen molar-refractivity contribution in [3.05, 3.63) is 83.9 Å². The number of benzene rings is 3. The van der Waals surface area contributed by atoms with Gasteiger partial charge in [-0.2, -0.15) is 0 Å². The molecule has 180 valence electrons. The molecule has 0 aromatic heterocycles. The zero-order chi connectivity index (χ0) is 24.0. The van der Waals surface area contributed by atoms with Crippen LogP contribution in [0, 0.1) is 23.7 Å². The Hall–Kier alpha value is -2.98. The predicted molar refractivity (Wildman–Crippen MR) is 142 cm³/mol. The summed E-state index contributed by atoms with van der Waals surface area (Å²) in [6, 6.07) is 25.8. The summed E-state index contributed by atoms with van der Waals surface area (Å²) in [5, 5.41) is 5.75. The summed E-state index contributed by atoms with van der Waals surface area (Å²) in [6.45, 7) is 7.30. The van der Waals surface area contributed by atoms with Crippen molar-refractivity contribution in [1.82, 2.24) is 10.2 Å². The second kappa shape index (κ2) is 8.91. The molecule has 35 heavy (non-hydrogen) atoms. The van der Waals surface area contributed by atoms with E-state index in [1.54, 1.807) is 0 Å². The molecule has 3 aromatic rings. The molecule has 2 fully saturated rings. The van der Waals surface area contributed by atoms with Crippen molar-refractivity contribution in [2.24, 2.45) is 28.7 Å². The van der Waals surface area contributed by atoms with Crippen LogP contribution in [0.5, 0.6) is 0 Å². The molecule has 0 spiro atoms. The highest BCUT2D eigenvalue weighted by Gasteiger charge is 2.63. The smallest absolute Gasteiger partial charge is 0.248 e. The summed E-state index contributed by atoms with van der Waals surface area (Å²) >= 11 is 0. The third-order valence-corrected chi connectivity index (χ3v) is 8.52. The van der Waals surface area contributed by atoms with Crippen molar-refractivity contribution >= 4 is 22.9 Å². The van der Waals surface area contributed by atoms with E-state index in [0.29, 0.717) is 30.3 Å². The fraction of sp³-hybridized carbons (Fsp3) is 0.419. The van der Waals surface area contributed by atoms with Gasteiger partial charge < -0.3 is 5.32 Å². The Morgan fingerprint density at radius 3 is 2.66 bits per heavy atom. The molecule has 1 aliphatic carbocycles. The van der Waals surface area contributed by atoms with E-state index in [0.717, 1.165) is 31.5 Å². The molecule has 1 saturated heterocycles. The summed E-state index contributed by atoms with van der Waals surface area (Å²) < 4.78 is 0. The van der Waals surface area contributed by atoms with E-state index in [1.165, 1.54) is 16.3 Å². The average Bonchev–Trinajstić information content (AvgIpc) is 3.17. The Morgan fingerprint density at radius 2 is 1.83 bits per heavy atom. The van der Waals surface area contributed by atoms with E-state index in [9.17, 15) is 4.79 Å². The summed E-state index contributed by atoms with van der Waals surface area (Å²) in [5.74, 6) is 1.88. The second-order valence-electron chi connectivity index (χ2n) is 11.2. The van der Waals surface area contributed by atoms with Crippen LogP contribution in [0.4, 0.5) is 0 Å².